The number of carbonyl (C=O) groups excluding carboxylic acids is 1. The summed E-state index contributed by atoms with van der Waals surface area (Å²) in [6.45, 7) is 2.96. The highest BCUT2D eigenvalue weighted by Gasteiger charge is 2.32. The van der Waals surface area contributed by atoms with E-state index in [0.29, 0.717) is 31.1 Å². The molecule has 26 heavy (non-hydrogen) atoms. The van der Waals surface area contributed by atoms with E-state index >= 15 is 0 Å². The maximum absolute atomic E-state index is 12.7. The predicted molar refractivity (Wildman–Crippen MR) is 103 cm³/mol. The van der Waals surface area contributed by atoms with Crippen molar-refractivity contribution in [3.8, 4) is 0 Å². The van der Waals surface area contributed by atoms with Gasteiger partial charge in [-0.1, -0.05) is 23.2 Å². The fourth-order valence-corrected chi connectivity index (χ4v) is 4.32. The molecule has 0 N–H and O–H groups in total. The van der Waals surface area contributed by atoms with E-state index in [2.05, 4.69) is 30.6 Å². The Hall–Kier alpha value is -1.57. The highest BCUT2D eigenvalue weighted by molar-refractivity contribution is 9.10. The van der Waals surface area contributed by atoms with Crippen molar-refractivity contribution in [1.29, 1.82) is 0 Å². The number of fused-ring (bicyclic) bond motifs is 2. The van der Waals surface area contributed by atoms with Gasteiger partial charge in [-0.25, -0.2) is 9.78 Å². The van der Waals surface area contributed by atoms with E-state index in [0.717, 1.165) is 25.1 Å². The van der Waals surface area contributed by atoms with Gasteiger partial charge in [0.2, 0.25) is 0 Å². The topological polar surface area (TPSA) is 61.9 Å². The number of aromatic nitrogens is 4. The van der Waals surface area contributed by atoms with Crippen LogP contribution < -0.4 is 0 Å². The van der Waals surface area contributed by atoms with E-state index in [4.69, 9.17) is 27.9 Å². The van der Waals surface area contributed by atoms with Crippen molar-refractivity contribution in [2.45, 2.75) is 32.4 Å². The molecule has 2 aromatic heterocycles. The second kappa shape index (κ2) is 6.87. The lowest BCUT2D eigenvalue weighted by Crippen LogP contribution is -2.25. The van der Waals surface area contributed by atoms with Crippen LogP contribution in [0, 0.1) is 0 Å². The standard InChI is InChI=1S/C17H15BrCl2N4O2/c1-2-26-17(25)16(15-12-4-3-5-23(12)8-21-15)24-7-9-11(19)6-10(18)13(20)14(9)22-24/h6-8,16H,2-5H2,1H3. The molecule has 0 radical (unpaired) electrons. The Labute approximate surface area is 168 Å². The molecule has 0 bridgehead atoms. The maximum atomic E-state index is 12.7. The summed E-state index contributed by atoms with van der Waals surface area (Å²) in [5.74, 6) is -0.403. The number of hydrogen-bond acceptors (Lipinski definition) is 4. The summed E-state index contributed by atoms with van der Waals surface area (Å²) in [5.41, 5.74) is 2.23. The number of rotatable bonds is 4. The van der Waals surface area contributed by atoms with Crippen LogP contribution in [0.15, 0.2) is 23.1 Å². The molecule has 0 saturated heterocycles. The molecule has 136 valence electrons. The second-order valence-corrected chi connectivity index (χ2v) is 7.69. The predicted octanol–water partition coefficient (Wildman–Crippen LogP) is 4.40. The van der Waals surface area contributed by atoms with Gasteiger partial charge in [0.05, 0.1) is 28.7 Å². The molecule has 1 aliphatic rings. The number of aryl methyl sites for hydroxylation is 1. The molecule has 3 aromatic rings. The second-order valence-electron chi connectivity index (χ2n) is 6.05. The number of hydrogen-bond donors (Lipinski definition) is 0. The molecular formula is C17H15BrCl2N4O2. The van der Waals surface area contributed by atoms with Gasteiger partial charge in [0, 0.05) is 28.3 Å². The van der Waals surface area contributed by atoms with E-state index in [1.165, 1.54) is 0 Å². The first-order valence-electron chi connectivity index (χ1n) is 8.24. The maximum Gasteiger partial charge on any atom is 0.337 e. The molecule has 6 nitrogen and oxygen atoms in total. The largest absolute Gasteiger partial charge is 0.464 e. The summed E-state index contributed by atoms with van der Waals surface area (Å²) >= 11 is 16.1. The number of nitrogens with zero attached hydrogens (tertiary/aromatic N) is 4. The number of benzene rings is 1. The van der Waals surface area contributed by atoms with Gasteiger partial charge in [0.15, 0.2) is 6.04 Å². The van der Waals surface area contributed by atoms with E-state index in [9.17, 15) is 4.79 Å². The van der Waals surface area contributed by atoms with Crippen molar-refractivity contribution in [2.75, 3.05) is 6.61 Å². The summed E-state index contributed by atoms with van der Waals surface area (Å²) in [4.78, 5) is 17.2. The third kappa shape index (κ3) is 2.82. The Bertz CT molecular complexity index is 1010. The smallest absolute Gasteiger partial charge is 0.337 e. The van der Waals surface area contributed by atoms with Crippen LogP contribution >= 0.6 is 39.1 Å². The molecule has 1 unspecified atom stereocenters. The third-order valence-corrected chi connectivity index (χ3v) is 6.03. The molecule has 0 amide bonds. The van der Waals surface area contributed by atoms with E-state index in [-0.39, 0.29) is 6.61 Å². The zero-order valence-electron chi connectivity index (χ0n) is 13.9. The lowest BCUT2D eigenvalue weighted by atomic mass is 10.1. The number of ether oxygens (including phenoxy) is 1. The Morgan fingerprint density at radius 1 is 1.46 bits per heavy atom. The van der Waals surface area contributed by atoms with Gasteiger partial charge in [-0.05, 0) is 41.8 Å². The van der Waals surface area contributed by atoms with Crippen LogP contribution in [0.4, 0.5) is 0 Å². The van der Waals surface area contributed by atoms with Crippen LogP contribution in [-0.2, 0) is 22.5 Å². The summed E-state index contributed by atoms with van der Waals surface area (Å²) in [6, 6.07) is 0.939. The molecule has 1 aromatic carbocycles. The lowest BCUT2D eigenvalue weighted by molar-refractivity contribution is -0.146. The highest BCUT2D eigenvalue weighted by Crippen LogP contribution is 2.37. The summed E-state index contributed by atoms with van der Waals surface area (Å²) in [6.07, 6.45) is 5.40. The monoisotopic (exact) mass is 456 g/mol. The first-order chi connectivity index (χ1) is 12.5. The van der Waals surface area contributed by atoms with E-state index in [1.807, 2.05) is 0 Å². The molecule has 9 heteroatoms. The minimum Gasteiger partial charge on any atom is -0.464 e. The van der Waals surface area contributed by atoms with Crippen LogP contribution in [0.25, 0.3) is 10.9 Å². The molecule has 1 aliphatic heterocycles. The summed E-state index contributed by atoms with van der Waals surface area (Å²) in [7, 11) is 0. The molecule has 0 spiro atoms. The molecular weight excluding hydrogens is 443 g/mol. The SMILES string of the molecule is CCOC(=O)C(c1ncn2c1CCC2)n1cc2c(Cl)cc(Br)c(Cl)c2n1. The third-order valence-electron chi connectivity index (χ3n) is 4.48. The Balaban J connectivity index is 1.89. The number of halogens is 3. The molecule has 0 fully saturated rings. The van der Waals surface area contributed by atoms with Gasteiger partial charge < -0.3 is 9.30 Å². The molecule has 0 aliphatic carbocycles. The average molecular weight is 458 g/mol. The Kier molecular flexibility index (Phi) is 4.71. The number of carbonyl (C=O) groups is 1. The first kappa shape index (κ1) is 17.8. The summed E-state index contributed by atoms with van der Waals surface area (Å²) in [5, 5.41) is 6.16. The van der Waals surface area contributed by atoms with Crippen LogP contribution in [0.3, 0.4) is 0 Å². The van der Waals surface area contributed by atoms with Crippen molar-refractivity contribution >= 4 is 56.0 Å². The zero-order chi connectivity index (χ0) is 18.4. The van der Waals surface area contributed by atoms with Gasteiger partial charge in [0.1, 0.15) is 5.52 Å². The Morgan fingerprint density at radius 3 is 3.04 bits per heavy atom. The number of esters is 1. The fourth-order valence-electron chi connectivity index (χ4n) is 3.33. The minimum atomic E-state index is -0.775. The van der Waals surface area contributed by atoms with E-state index < -0.39 is 12.0 Å². The summed E-state index contributed by atoms with van der Waals surface area (Å²) < 4.78 is 9.57. The van der Waals surface area contributed by atoms with Gasteiger partial charge in [0.25, 0.3) is 0 Å². The van der Waals surface area contributed by atoms with Gasteiger partial charge in [-0.3, -0.25) is 4.68 Å². The fraction of sp³-hybridized carbons (Fsp3) is 0.353. The van der Waals surface area contributed by atoms with Crippen LogP contribution in [0.1, 0.15) is 30.8 Å². The van der Waals surface area contributed by atoms with Crippen LogP contribution in [0.5, 0.6) is 0 Å². The average Bonchev–Trinajstić information content (AvgIpc) is 3.30. The molecule has 3 heterocycles. The van der Waals surface area contributed by atoms with Gasteiger partial charge in [-0.2, -0.15) is 5.10 Å². The van der Waals surface area contributed by atoms with Crippen molar-refractivity contribution in [1.82, 2.24) is 19.3 Å². The van der Waals surface area contributed by atoms with Crippen molar-refractivity contribution < 1.29 is 9.53 Å². The minimum absolute atomic E-state index is 0.277. The van der Waals surface area contributed by atoms with Crippen molar-refractivity contribution in [3.63, 3.8) is 0 Å². The highest BCUT2D eigenvalue weighted by atomic mass is 79.9. The Morgan fingerprint density at radius 2 is 2.27 bits per heavy atom. The lowest BCUT2D eigenvalue weighted by Gasteiger charge is -2.15. The van der Waals surface area contributed by atoms with Crippen LogP contribution in [0.2, 0.25) is 10.0 Å². The van der Waals surface area contributed by atoms with Crippen LogP contribution in [-0.4, -0.2) is 31.9 Å². The van der Waals surface area contributed by atoms with E-state index in [1.54, 1.807) is 30.2 Å². The zero-order valence-corrected chi connectivity index (χ0v) is 17.0. The molecule has 1 atom stereocenters. The first-order valence-corrected chi connectivity index (χ1v) is 9.79. The normalized spacial score (nSPS) is 14.6. The van der Waals surface area contributed by atoms with Gasteiger partial charge >= 0.3 is 5.97 Å². The van der Waals surface area contributed by atoms with Crippen molar-refractivity contribution in [2.24, 2.45) is 0 Å². The molecule has 0 saturated carbocycles. The molecule has 4 rings (SSSR count). The van der Waals surface area contributed by atoms with Gasteiger partial charge in [-0.15, -0.1) is 0 Å². The number of imidazole rings is 1. The quantitative estimate of drug-likeness (QED) is 0.430. The van der Waals surface area contributed by atoms with Crippen molar-refractivity contribution in [3.05, 3.63) is 44.5 Å².